The molecule has 54 heavy (non-hydrogen) atoms. The van der Waals surface area contributed by atoms with E-state index in [1.54, 1.807) is 18.2 Å². The summed E-state index contributed by atoms with van der Waals surface area (Å²) >= 11 is 0. The second-order valence-electron chi connectivity index (χ2n) is 11.4. The average Bonchev–Trinajstić information content (AvgIpc) is 1.47. The molecule has 0 fully saturated rings. The molecule has 1 heterocycles. The van der Waals surface area contributed by atoms with E-state index in [-0.39, 0.29) is 16.5 Å². The van der Waals surface area contributed by atoms with Crippen molar-refractivity contribution in [2.24, 2.45) is 0 Å². The smallest absolute Gasteiger partial charge is 0.143 e. The Morgan fingerprint density at radius 2 is 0.870 bits per heavy atom. The molecule has 2 heteroatoms. The zero-order chi connectivity index (χ0) is 62.0. The van der Waals surface area contributed by atoms with E-state index in [1.165, 1.54) is 12.1 Å². The molecule has 0 bridgehead atoms. The second-order valence-corrected chi connectivity index (χ2v) is 11.4. The molecule has 0 aliphatic rings. The topological polar surface area (TPSA) is 16.4 Å². The van der Waals surface area contributed by atoms with Gasteiger partial charge in [0.05, 0.1) is 52.2 Å². The lowest BCUT2D eigenvalue weighted by molar-refractivity contribution is 0.672. The minimum atomic E-state index is -1.28. The standard InChI is InChI=1S/C52H35NO/c1-4-13-36(14-5-1)38-23-25-39(26-24-38)41-29-33-44(34-30-41)53(43-31-27-40(28-32-43)37-15-6-2-7-16-37)49-21-12-22-50-51(49)48-35-47(42-17-8-3-9-18-42)45-19-10-11-20-46(45)52(48)54-50/h1-35H/i1D,2D,4D,5D,6D,7D,10D,11D,12D,13D,14D,15D,16D,19D,20D,21D,22D,23D,24D,25D,26D,27D,28D,29D,30D,31D,32D,33D,34D,35D. The Balaban J connectivity index is 1.41. The number of anilines is 3. The van der Waals surface area contributed by atoms with Crippen molar-refractivity contribution < 1.29 is 45.5 Å². The highest BCUT2D eigenvalue weighted by atomic mass is 16.3. The van der Waals surface area contributed by atoms with Crippen LogP contribution in [-0.4, -0.2) is 0 Å². The second kappa shape index (κ2) is 13.4. The molecule has 0 atom stereocenters. The van der Waals surface area contributed by atoms with E-state index in [9.17, 15) is 17.8 Å². The predicted molar refractivity (Wildman–Crippen MR) is 228 cm³/mol. The first-order valence-corrected chi connectivity index (χ1v) is 16.0. The van der Waals surface area contributed by atoms with Gasteiger partial charge < -0.3 is 9.32 Å². The Hall–Kier alpha value is -7.16. The van der Waals surface area contributed by atoms with Crippen LogP contribution >= 0.6 is 0 Å². The summed E-state index contributed by atoms with van der Waals surface area (Å²) in [6.45, 7) is 0. The maximum absolute atomic E-state index is 9.97. The lowest BCUT2D eigenvalue weighted by atomic mass is 9.95. The van der Waals surface area contributed by atoms with Crippen LogP contribution in [0.25, 0.3) is 77.2 Å². The van der Waals surface area contributed by atoms with E-state index in [0.717, 1.165) is 0 Å². The van der Waals surface area contributed by atoms with Gasteiger partial charge in [-0.3, -0.25) is 0 Å². The van der Waals surface area contributed by atoms with Gasteiger partial charge in [-0.05, 0) is 92.2 Å². The van der Waals surface area contributed by atoms with Gasteiger partial charge in [-0.2, -0.15) is 0 Å². The van der Waals surface area contributed by atoms with E-state index >= 15 is 0 Å². The van der Waals surface area contributed by atoms with Crippen molar-refractivity contribution in [1.82, 2.24) is 0 Å². The van der Waals surface area contributed by atoms with Gasteiger partial charge in [0.2, 0.25) is 0 Å². The van der Waals surface area contributed by atoms with E-state index < -0.39 is 259 Å². The zero-order valence-corrected chi connectivity index (χ0v) is 27.2. The molecule has 10 aromatic rings. The maximum Gasteiger partial charge on any atom is 0.143 e. The first-order valence-electron chi connectivity index (χ1n) is 31.0. The Morgan fingerprint density at radius 1 is 0.389 bits per heavy atom. The molecule has 0 unspecified atom stereocenters. The number of hydrogen-bond donors (Lipinski definition) is 0. The summed E-state index contributed by atoms with van der Waals surface area (Å²) in [4.78, 5) is 0.455. The summed E-state index contributed by atoms with van der Waals surface area (Å²) in [6, 6.07) is -22.2. The number of fused-ring (bicyclic) bond motifs is 5. The molecule has 0 saturated carbocycles. The van der Waals surface area contributed by atoms with Crippen molar-refractivity contribution in [2.45, 2.75) is 0 Å². The minimum absolute atomic E-state index is 0.176. The van der Waals surface area contributed by atoms with Crippen molar-refractivity contribution in [3.63, 3.8) is 0 Å². The maximum atomic E-state index is 9.97. The van der Waals surface area contributed by atoms with Gasteiger partial charge in [0, 0.05) is 22.1 Å². The van der Waals surface area contributed by atoms with Crippen LogP contribution in [0.4, 0.5) is 17.1 Å². The molecular weight excluding hydrogens is 655 g/mol. The predicted octanol–water partition coefficient (Wildman–Crippen LogP) is 14.9. The lowest BCUT2D eigenvalue weighted by Crippen LogP contribution is -2.10. The zero-order valence-electron chi connectivity index (χ0n) is 57.2. The van der Waals surface area contributed by atoms with Crippen LogP contribution in [0, 0.1) is 0 Å². The quantitative estimate of drug-likeness (QED) is 0.163. The van der Waals surface area contributed by atoms with Gasteiger partial charge in [0.25, 0.3) is 0 Å². The van der Waals surface area contributed by atoms with E-state index in [0.29, 0.717) is 4.90 Å². The third kappa shape index (κ3) is 5.62. The molecule has 254 valence electrons. The molecule has 0 aliphatic carbocycles. The average molecular weight is 720 g/mol. The first-order chi connectivity index (χ1) is 39.3. The molecule has 0 spiro atoms. The third-order valence-electron chi connectivity index (χ3n) is 8.25. The molecule has 0 aliphatic heterocycles. The highest BCUT2D eigenvalue weighted by Gasteiger charge is 2.22. The molecule has 0 saturated heterocycles. The highest BCUT2D eigenvalue weighted by Crippen LogP contribution is 2.46. The van der Waals surface area contributed by atoms with Crippen molar-refractivity contribution in [1.29, 1.82) is 0 Å². The fourth-order valence-electron chi connectivity index (χ4n) is 5.83. The van der Waals surface area contributed by atoms with Gasteiger partial charge in [-0.15, -0.1) is 0 Å². The Labute approximate surface area is 357 Å². The van der Waals surface area contributed by atoms with Gasteiger partial charge in [0.1, 0.15) is 11.2 Å². The van der Waals surface area contributed by atoms with Crippen LogP contribution in [-0.2, 0) is 0 Å². The molecule has 2 nitrogen and oxygen atoms in total. The summed E-state index contributed by atoms with van der Waals surface area (Å²) in [5, 5.41) is -1.79. The van der Waals surface area contributed by atoms with E-state index in [1.807, 2.05) is 0 Å². The van der Waals surface area contributed by atoms with E-state index in [4.69, 9.17) is 27.7 Å². The normalized spacial score (nSPS) is 19.1. The van der Waals surface area contributed by atoms with Crippen LogP contribution in [0.3, 0.4) is 0 Å². The summed E-state index contributed by atoms with van der Waals surface area (Å²) in [5.41, 5.74) is -9.62. The number of rotatable bonds is 7. The molecule has 0 amide bonds. The Kier molecular flexibility index (Phi) is 3.32. The fraction of sp³-hybridized carbons (Fsp3) is 0. The van der Waals surface area contributed by atoms with Crippen LogP contribution < -0.4 is 4.90 Å². The van der Waals surface area contributed by atoms with E-state index in [2.05, 4.69) is 0 Å². The molecular formula is C52H35NO. The molecule has 10 rings (SSSR count). The monoisotopic (exact) mass is 719 g/mol. The third-order valence-corrected chi connectivity index (χ3v) is 8.25. The van der Waals surface area contributed by atoms with Crippen molar-refractivity contribution in [3.05, 3.63) is 212 Å². The van der Waals surface area contributed by atoms with Crippen LogP contribution in [0.1, 0.15) is 41.1 Å². The van der Waals surface area contributed by atoms with Crippen LogP contribution in [0.2, 0.25) is 0 Å². The van der Waals surface area contributed by atoms with Crippen molar-refractivity contribution >= 4 is 49.8 Å². The van der Waals surface area contributed by atoms with Crippen molar-refractivity contribution in [3.8, 4) is 44.5 Å². The first kappa shape index (κ1) is 13.4. The number of furan rings is 1. The SMILES string of the molecule is [2H]c1c([2H])c([2H])c(-c2c([2H])c([2H])c(-c3c([2H])c([2H])c(N(c4c([2H])c([2H])c(-c5c([2H])c([2H])c([2H])c([2H])c5[2H])c([2H])c4[2H])c4c([2H])c([2H])c([2H])c5oc6c7c([2H])c([2H])c([2H])c([2H])c7c(-c7ccccc7)c([2H])c6c45)c([2H])c3[2H])c([2H])c2[2H])c([2H])c1[2H]. The summed E-state index contributed by atoms with van der Waals surface area (Å²) in [7, 11) is 0. The van der Waals surface area contributed by atoms with Gasteiger partial charge in [0.15, 0.2) is 0 Å². The molecule has 0 N–H and O–H groups in total. The number of nitrogens with zero attached hydrogens (tertiary/aromatic N) is 1. The Morgan fingerprint density at radius 3 is 1.43 bits per heavy atom. The number of benzene rings is 9. The summed E-state index contributed by atoms with van der Waals surface area (Å²) in [5.74, 6) is 0. The van der Waals surface area contributed by atoms with Crippen LogP contribution in [0.5, 0.6) is 0 Å². The molecule has 1 aromatic heterocycles. The van der Waals surface area contributed by atoms with Gasteiger partial charge >= 0.3 is 0 Å². The van der Waals surface area contributed by atoms with Crippen LogP contribution in [0.15, 0.2) is 216 Å². The van der Waals surface area contributed by atoms with Gasteiger partial charge in [-0.1, -0.05) is 169 Å². The van der Waals surface area contributed by atoms with Crippen molar-refractivity contribution in [2.75, 3.05) is 4.90 Å². The Bertz CT molecular complexity index is 4530. The molecule has 9 aromatic carbocycles. The summed E-state index contributed by atoms with van der Waals surface area (Å²) in [6.07, 6.45) is 0. The van der Waals surface area contributed by atoms with Gasteiger partial charge in [-0.25, -0.2) is 0 Å². The lowest BCUT2D eigenvalue weighted by Gasteiger charge is -2.26. The highest BCUT2D eigenvalue weighted by molar-refractivity contribution is 6.22. The number of hydrogen-bond acceptors (Lipinski definition) is 2. The largest absolute Gasteiger partial charge is 0.455 e. The molecule has 0 radical (unpaired) electrons. The minimum Gasteiger partial charge on any atom is -0.455 e. The fourth-order valence-corrected chi connectivity index (χ4v) is 5.83. The summed E-state index contributed by atoms with van der Waals surface area (Å²) < 4.78 is 277.